The molecule has 2 rings (SSSR count). The lowest BCUT2D eigenvalue weighted by atomic mass is 10.3. The second-order valence-corrected chi connectivity index (χ2v) is 3.39. The fourth-order valence-corrected chi connectivity index (χ4v) is 1.18. The van der Waals surface area contributed by atoms with Crippen molar-refractivity contribution in [2.24, 2.45) is 0 Å². The molecule has 20 heavy (non-hydrogen) atoms. The van der Waals surface area contributed by atoms with Crippen molar-refractivity contribution >= 4 is 0 Å². The number of H-pyrrole nitrogens is 1. The maximum atomic E-state index is 12.5. The number of nitrogens with zero attached hydrogens (tertiary/aromatic N) is 3. The first-order chi connectivity index (χ1) is 9.07. The number of aromatic amines is 1. The van der Waals surface area contributed by atoms with Gasteiger partial charge < -0.3 is 4.52 Å². The molecule has 2 aromatic heterocycles. The van der Waals surface area contributed by atoms with Crippen molar-refractivity contribution in [3.05, 3.63) is 28.1 Å². The van der Waals surface area contributed by atoms with Crippen LogP contribution in [0.1, 0.15) is 11.5 Å². The summed E-state index contributed by atoms with van der Waals surface area (Å²) in [6.07, 6.45) is -10.3. The van der Waals surface area contributed by atoms with E-state index in [2.05, 4.69) is 19.5 Å². The molecule has 0 spiro atoms. The van der Waals surface area contributed by atoms with E-state index in [1.807, 2.05) is 0 Å². The smallest absolute Gasteiger partial charge is 0.321 e. The molecule has 0 unspecified atom stereocenters. The quantitative estimate of drug-likeness (QED) is 0.812. The topological polar surface area (TPSA) is 84.7 Å². The molecule has 0 saturated carbocycles. The lowest BCUT2D eigenvalue weighted by Gasteiger charge is -2.10. The maximum Gasteiger partial charge on any atom is 0.460 e. The highest BCUT2D eigenvalue weighted by atomic mass is 19.4. The Labute approximate surface area is 104 Å². The molecule has 0 bridgehead atoms. The number of halogens is 6. The van der Waals surface area contributed by atoms with Gasteiger partial charge in [-0.2, -0.15) is 36.5 Å². The van der Waals surface area contributed by atoms with E-state index in [0.717, 1.165) is 0 Å². The second kappa shape index (κ2) is 4.31. The standard InChI is InChI=1S/C8H2F6N4O2/c9-7(10,11)3-1-2(4-17-6(19)20-18-4)15-5(16-3)8(12,13)14/h1H,(H,17,18,19). The van der Waals surface area contributed by atoms with Crippen molar-refractivity contribution in [1.82, 2.24) is 20.1 Å². The van der Waals surface area contributed by atoms with Gasteiger partial charge in [0.25, 0.3) is 0 Å². The van der Waals surface area contributed by atoms with E-state index in [-0.39, 0.29) is 6.07 Å². The molecular formula is C8H2F6N4O2. The average Bonchev–Trinajstić information content (AvgIpc) is 2.73. The maximum absolute atomic E-state index is 12.5. The van der Waals surface area contributed by atoms with Crippen LogP contribution in [0.25, 0.3) is 11.5 Å². The fraction of sp³-hybridized carbons (Fsp3) is 0.250. The van der Waals surface area contributed by atoms with E-state index in [4.69, 9.17) is 0 Å². The largest absolute Gasteiger partial charge is 0.460 e. The van der Waals surface area contributed by atoms with Crippen molar-refractivity contribution in [2.75, 3.05) is 0 Å². The summed E-state index contributed by atoms with van der Waals surface area (Å²) in [5.41, 5.74) is -2.69. The number of hydrogen-bond donors (Lipinski definition) is 1. The molecule has 0 aliphatic heterocycles. The summed E-state index contributed by atoms with van der Waals surface area (Å²) in [4.78, 5) is 18.9. The minimum absolute atomic E-state index is 0.211. The molecule has 2 aromatic rings. The van der Waals surface area contributed by atoms with Crippen LogP contribution < -0.4 is 5.76 Å². The van der Waals surface area contributed by atoms with Crippen LogP contribution in [-0.2, 0) is 12.4 Å². The minimum atomic E-state index is -5.19. The minimum Gasteiger partial charge on any atom is -0.321 e. The molecule has 0 amide bonds. The summed E-state index contributed by atoms with van der Waals surface area (Å²) >= 11 is 0. The molecule has 1 N–H and O–H groups in total. The molecule has 0 fully saturated rings. The van der Waals surface area contributed by atoms with E-state index < -0.39 is 41.1 Å². The lowest BCUT2D eigenvalue weighted by Crippen LogP contribution is -2.17. The van der Waals surface area contributed by atoms with Gasteiger partial charge in [-0.05, 0) is 6.07 Å². The van der Waals surface area contributed by atoms with Gasteiger partial charge in [0.2, 0.25) is 5.82 Å². The Morgan fingerprint density at radius 3 is 2.10 bits per heavy atom. The molecule has 0 atom stereocenters. The van der Waals surface area contributed by atoms with Crippen LogP contribution in [-0.4, -0.2) is 20.1 Å². The first-order valence-electron chi connectivity index (χ1n) is 4.67. The summed E-state index contributed by atoms with van der Waals surface area (Å²) in [6.45, 7) is 0. The van der Waals surface area contributed by atoms with E-state index in [1.54, 1.807) is 5.16 Å². The predicted octanol–water partition coefficient (Wildman–Crippen LogP) is 1.86. The van der Waals surface area contributed by atoms with Crippen LogP contribution in [0.3, 0.4) is 0 Å². The Kier molecular flexibility index (Phi) is 3.02. The summed E-state index contributed by atoms with van der Waals surface area (Å²) in [5.74, 6) is -3.90. The molecular weight excluding hydrogens is 298 g/mol. The summed E-state index contributed by atoms with van der Waals surface area (Å²) < 4.78 is 78.9. The lowest BCUT2D eigenvalue weighted by molar-refractivity contribution is -0.152. The Bertz CT molecular complexity index is 653. The summed E-state index contributed by atoms with van der Waals surface area (Å²) in [6, 6.07) is 0.211. The van der Waals surface area contributed by atoms with E-state index in [0.29, 0.717) is 0 Å². The highest BCUT2D eigenvalue weighted by molar-refractivity contribution is 5.48. The molecule has 0 aliphatic carbocycles. The molecule has 6 nitrogen and oxygen atoms in total. The zero-order valence-corrected chi connectivity index (χ0v) is 9.00. The van der Waals surface area contributed by atoms with Crippen molar-refractivity contribution < 1.29 is 30.9 Å². The Morgan fingerprint density at radius 2 is 1.65 bits per heavy atom. The van der Waals surface area contributed by atoms with Gasteiger partial charge in [-0.1, -0.05) is 0 Å². The molecule has 0 saturated heterocycles. The monoisotopic (exact) mass is 300 g/mol. The highest BCUT2D eigenvalue weighted by Crippen LogP contribution is 2.33. The number of nitrogens with one attached hydrogen (secondary N) is 1. The van der Waals surface area contributed by atoms with Gasteiger partial charge in [-0.15, -0.1) is 0 Å². The third-order valence-electron chi connectivity index (χ3n) is 1.95. The van der Waals surface area contributed by atoms with Gasteiger partial charge in [-0.25, -0.2) is 14.8 Å². The number of aromatic nitrogens is 4. The molecule has 0 aliphatic rings. The zero-order chi connectivity index (χ0) is 15.1. The van der Waals surface area contributed by atoms with Crippen LogP contribution >= 0.6 is 0 Å². The van der Waals surface area contributed by atoms with Gasteiger partial charge in [0.1, 0.15) is 11.4 Å². The van der Waals surface area contributed by atoms with Gasteiger partial charge in [0.05, 0.1) is 0 Å². The third-order valence-corrected chi connectivity index (χ3v) is 1.95. The highest BCUT2D eigenvalue weighted by Gasteiger charge is 2.40. The van der Waals surface area contributed by atoms with Crippen molar-refractivity contribution in [3.8, 4) is 11.5 Å². The van der Waals surface area contributed by atoms with Crippen LogP contribution in [0, 0.1) is 0 Å². The van der Waals surface area contributed by atoms with Crippen molar-refractivity contribution in [2.45, 2.75) is 12.4 Å². The second-order valence-electron chi connectivity index (χ2n) is 3.39. The Balaban J connectivity index is 2.66. The van der Waals surface area contributed by atoms with E-state index >= 15 is 0 Å². The van der Waals surface area contributed by atoms with Crippen LogP contribution in [0.5, 0.6) is 0 Å². The number of hydrogen-bond acceptors (Lipinski definition) is 5. The van der Waals surface area contributed by atoms with Crippen molar-refractivity contribution in [1.29, 1.82) is 0 Å². The molecule has 108 valence electrons. The van der Waals surface area contributed by atoms with E-state index in [1.165, 1.54) is 0 Å². The predicted molar refractivity (Wildman–Crippen MR) is 48.2 cm³/mol. The van der Waals surface area contributed by atoms with Gasteiger partial charge in [0, 0.05) is 0 Å². The molecule has 12 heteroatoms. The molecule has 0 aromatic carbocycles. The van der Waals surface area contributed by atoms with Gasteiger partial charge >= 0.3 is 18.1 Å². The van der Waals surface area contributed by atoms with Crippen LogP contribution in [0.4, 0.5) is 26.3 Å². The number of rotatable bonds is 1. The van der Waals surface area contributed by atoms with Gasteiger partial charge in [-0.3, -0.25) is 0 Å². The SMILES string of the molecule is O=c1nc(-c2cc(C(F)(F)F)nc(C(F)(F)F)n2)[nH]o1. The number of alkyl halides is 6. The molecule has 0 radical (unpaired) electrons. The Morgan fingerprint density at radius 1 is 1.00 bits per heavy atom. The third kappa shape index (κ3) is 2.78. The first-order valence-corrected chi connectivity index (χ1v) is 4.67. The van der Waals surface area contributed by atoms with Crippen molar-refractivity contribution in [3.63, 3.8) is 0 Å². The van der Waals surface area contributed by atoms with Crippen LogP contribution in [0.15, 0.2) is 15.4 Å². The van der Waals surface area contributed by atoms with E-state index in [9.17, 15) is 31.1 Å². The normalized spacial score (nSPS) is 12.7. The molecule has 2 heterocycles. The Hall–Kier alpha value is -2.40. The average molecular weight is 300 g/mol. The fourth-order valence-electron chi connectivity index (χ4n) is 1.18. The summed E-state index contributed by atoms with van der Waals surface area (Å²) in [5, 5.41) is 1.76. The zero-order valence-electron chi connectivity index (χ0n) is 9.00. The summed E-state index contributed by atoms with van der Waals surface area (Å²) in [7, 11) is 0. The van der Waals surface area contributed by atoms with Crippen LogP contribution in [0.2, 0.25) is 0 Å². The van der Waals surface area contributed by atoms with Gasteiger partial charge in [0.15, 0.2) is 5.82 Å². The first kappa shape index (κ1) is 14.0.